The van der Waals surface area contributed by atoms with Crippen LogP contribution in [0.5, 0.6) is 0 Å². The van der Waals surface area contributed by atoms with Gasteiger partial charge in [-0.15, -0.1) is 23.5 Å². The van der Waals surface area contributed by atoms with Crippen molar-refractivity contribution < 1.29 is 0 Å². The van der Waals surface area contributed by atoms with Gasteiger partial charge in [-0.3, -0.25) is 4.79 Å². The second kappa shape index (κ2) is 10.8. The average Bonchev–Trinajstić information content (AvgIpc) is 2.67. The zero-order valence-corrected chi connectivity index (χ0v) is 18.0. The van der Waals surface area contributed by atoms with Crippen LogP contribution in [0.2, 0.25) is 0 Å². The predicted molar refractivity (Wildman–Crippen MR) is 120 cm³/mol. The van der Waals surface area contributed by atoms with Gasteiger partial charge in [0.2, 0.25) is 0 Å². The fraction of sp³-hybridized carbons (Fsp3) is 0.524. The average molecular weight is 391 g/mol. The summed E-state index contributed by atoms with van der Waals surface area (Å²) in [5.41, 5.74) is 3.19. The molecule has 0 aliphatic carbocycles. The quantitative estimate of drug-likeness (QED) is 0.321. The number of aromatic nitrogens is 1. The molecular weight excluding hydrogens is 360 g/mol. The van der Waals surface area contributed by atoms with Gasteiger partial charge in [0.15, 0.2) is 5.43 Å². The number of rotatable bonds is 8. The summed E-state index contributed by atoms with van der Waals surface area (Å²) in [4.78, 5) is 17.6. The van der Waals surface area contributed by atoms with Crippen LogP contribution in [0.25, 0.3) is 10.9 Å². The van der Waals surface area contributed by atoms with E-state index in [1.165, 1.54) is 25.7 Å². The summed E-state index contributed by atoms with van der Waals surface area (Å²) >= 11 is 3.35. The molecule has 0 spiro atoms. The van der Waals surface area contributed by atoms with Crippen LogP contribution in [0.15, 0.2) is 34.1 Å². The minimum Gasteiger partial charge on any atom is -0.324 e. The first-order valence-corrected chi connectivity index (χ1v) is 11.8. The zero-order valence-electron chi connectivity index (χ0n) is 16.4. The molecule has 0 saturated heterocycles. The lowest BCUT2D eigenvalue weighted by Crippen LogP contribution is -2.19. The minimum atomic E-state index is 0.166. The Morgan fingerprint density at radius 1 is 1.08 bits per heavy atom. The van der Waals surface area contributed by atoms with Crippen LogP contribution in [-0.2, 0) is 13.1 Å². The molecule has 1 heterocycles. The Morgan fingerprint density at radius 2 is 1.77 bits per heavy atom. The smallest absolute Gasteiger partial charge is 0.192 e. The summed E-state index contributed by atoms with van der Waals surface area (Å²) in [6.07, 6.45) is 11.2. The van der Waals surface area contributed by atoms with E-state index in [9.17, 15) is 4.79 Å². The maximum absolute atomic E-state index is 12.8. The van der Waals surface area contributed by atoms with Crippen LogP contribution in [-0.4, -0.2) is 21.5 Å². The number of fused-ring (bicyclic) bond motifs is 1. The molecule has 3 nitrogen and oxygen atoms in total. The topological polar surface area (TPSA) is 34.4 Å². The summed E-state index contributed by atoms with van der Waals surface area (Å²) in [7, 11) is 0. The normalized spacial score (nSPS) is 11.1. The molecular formula is C21H30N2OS2. The van der Waals surface area contributed by atoms with E-state index < -0.39 is 0 Å². The summed E-state index contributed by atoms with van der Waals surface area (Å²) in [6, 6.07) is 7.92. The zero-order chi connectivity index (χ0) is 18.9. The molecule has 2 aromatic rings. The maximum Gasteiger partial charge on any atom is 0.192 e. The molecule has 0 fully saturated rings. The van der Waals surface area contributed by atoms with E-state index >= 15 is 0 Å². The molecule has 142 valence electrons. The Balaban J connectivity index is 2.43. The van der Waals surface area contributed by atoms with Gasteiger partial charge in [-0.1, -0.05) is 44.7 Å². The van der Waals surface area contributed by atoms with Crippen LogP contribution in [0.3, 0.4) is 0 Å². The molecule has 1 aromatic carbocycles. The molecule has 0 N–H and O–H groups in total. The van der Waals surface area contributed by atoms with Crippen LogP contribution in [0.1, 0.15) is 50.3 Å². The number of benzene rings is 1. The van der Waals surface area contributed by atoms with Crippen molar-refractivity contribution in [2.75, 3.05) is 12.5 Å². The van der Waals surface area contributed by atoms with E-state index in [1.807, 2.05) is 31.2 Å². The fourth-order valence-electron chi connectivity index (χ4n) is 3.30. The van der Waals surface area contributed by atoms with Crippen LogP contribution >= 0.6 is 23.5 Å². The molecule has 0 bridgehead atoms. The summed E-state index contributed by atoms with van der Waals surface area (Å²) in [5.74, 6) is 0. The first-order valence-electron chi connectivity index (χ1n) is 9.37. The first kappa shape index (κ1) is 21.1. The second-order valence-electron chi connectivity index (χ2n) is 6.48. The van der Waals surface area contributed by atoms with Crippen LogP contribution in [0, 0.1) is 6.92 Å². The van der Waals surface area contributed by atoms with Gasteiger partial charge in [-0.25, -0.2) is 4.99 Å². The van der Waals surface area contributed by atoms with E-state index in [0.717, 1.165) is 39.4 Å². The van der Waals surface area contributed by atoms with Crippen molar-refractivity contribution in [2.45, 2.75) is 59.0 Å². The number of hydrogen-bond donors (Lipinski definition) is 0. The van der Waals surface area contributed by atoms with E-state index in [0.29, 0.717) is 6.67 Å². The third-order valence-electron chi connectivity index (χ3n) is 4.75. The van der Waals surface area contributed by atoms with Crippen molar-refractivity contribution in [2.24, 2.45) is 4.99 Å². The van der Waals surface area contributed by atoms with Crippen molar-refractivity contribution in [1.82, 2.24) is 4.57 Å². The van der Waals surface area contributed by atoms with Gasteiger partial charge in [-0.05, 0) is 44.4 Å². The molecule has 0 radical (unpaired) electrons. The highest BCUT2D eigenvalue weighted by Crippen LogP contribution is 2.20. The highest BCUT2D eigenvalue weighted by Gasteiger charge is 2.13. The van der Waals surface area contributed by atoms with E-state index in [2.05, 4.69) is 24.0 Å². The fourth-order valence-corrected chi connectivity index (χ4v) is 4.34. The number of pyridine rings is 1. The van der Waals surface area contributed by atoms with E-state index in [1.54, 1.807) is 23.5 Å². The standard InChI is InChI=1S/C21H30N2OS2/c1-5-6-7-8-9-13-18-16(2)20(24)17-12-10-11-14-19(17)23(18)15-22-21(25-3)26-4/h10-12,14H,5-9,13,15H2,1-4H3. The van der Waals surface area contributed by atoms with Gasteiger partial charge in [0.05, 0.1) is 5.52 Å². The summed E-state index contributed by atoms with van der Waals surface area (Å²) < 4.78 is 3.32. The molecule has 1 aromatic heterocycles. The van der Waals surface area contributed by atoms with Crippen LogP contribution < -0.4 is 5.43 Å². The predicted octanol–water partition coefficient (Wildman–Crippen LogP) is 5.86. The Labute approximate surface area is 165 Å². The molecule has 26 heavy (non-hydrogen) atoms. The van der Waals surface area contributed by atoms with Gasteiger partial charge in [-0.2, -0.15) is 0 Å². The largest absolute Gasteiger partial charge is 0.324 e. The monoisotopic (exact) mass is 390 g/mol. The second-order valence-corrected chi connectivity index (χ2v) is 8.33. The molecule has 2 rings (SSSR count). The number of nitrogens with zero attached hydrogens (tertiary/aromatic N) is 2. The molecule has 0 unspecified atom stereocenters. The molecule has 0 aliphatic rings. The number of hydrogen-bond acceptors (Lipinski definition) is 4. The minimum absolute atomic E-state index is 0.166. The van der Waals surface area contributed by atoms with E-state index in [-0.39, 0.29) is 5.43 Å². The highest BCUT2D eigenvalue weighted by atomic mass is 32.2. The van der Waals surface area contributed by atoms with Gasteiger partial charge < -0.3 is 4.57 Å². The Kier molecular flexibility index (Phi) is 8.79. The highest BCUT2D eigenvalue weighted by molar-refractivity contribution is 8.38. The summed E-state index contributed by atoms with van der Waals surface area (Å²) in [5, 5.41) is 0.796. The van der Waals surface area contributed by atoms with Gasteiger partial charge in [0, 0.05) is 16.6 Å². The van der Waals surface area contributed by atoms with Crippen molar-refractivity contribution in [3.8, 4) is 0 Å². The van der Waals surface area contributed by atoms with Crippen molar-refractivity contribution in [3.63, 3.8) is 0 Å². The molecule has 0 amide bonds. The molecule has 0 atom stereocenters. The summed E-state index contributed by atoms with van der Waals surface area (Å²) in [6.45, 7) is 4.78. The van der Waals surface area contributed by atoms with Gasteiger partial charge >= 0.3 is 0 Å². The molecule has 5 heteroatoms. The first-order chi connectivity index (χ1) is 12.6. The lowest BCUT2D eigenvalue weighted by atomic mass is 10.0. The Bertz CT molecular complexity index is 805. The van der Waals surface area contributed by atoms with Crippen molar-refractivity contribution in [3.05, 3.63) is 45.7 Å². The SMILES string of the molecule is CCCCCCCc1c(C)c(=O)c2ccccc2n1CN=C(SC)SC. The Hall–Kier alpha value is -1.20. The maximum atomic E-state index is 12.8. The van der Waals surface area contributed by atoms with E-state index in [4.69, 9.17) is 4.99 Å². The third-order valence-corrected chi connectivity index (χ3v) is 6.70. The van der Waals surface area contributed by atoms with Crippen molar-refractivity contribution >= 4 is 38.8 Å². The number of thioether (sulfide) groups is 2. The number of para-hydroxylation sites is 1. The number of aliphatic imine (C=N–C) groups is 1. The van der Waals surface area contributed by atoms with Gasteiger partial charge in [0.25, 0.3) is 0 Å². The van der Waals surface area contributed by atoms with Gasteiger partial charge in [0.1, 0.15) is 11.0 Å². The van der Waals surface area contributed by atoms with Crippen molar-refractivity contribution in [1.29, 1.82) is 0 Å². The lowest BCUT2D eigenvalue weighted by Gasteiger charge is -2.18. The van der Waals surface area contributed by atoms with Crippen LogP contribution in [0.4, 0.5) is 0 Å². The molecule has 0 saturated carbocycles. The lowest BCUT2D eigenvalue weighted by molar-refractivity contribution is 0.607. The third kappa shape index (κ3) is 5.17. The Morgan fingerprint density at radius 3 is 2.46 bits per heavy atom. The number of unbranched alkanes of at least 4 members (excludes halogenated alkanes) is 4. The molecule has 0 aliphatic heterocycles.